The minimum Gasteiger partial charge on any atom is -1.00 e. The van der Waals surface area contributed by atoms with E-state index in [1.807, 2.05) is 40.9 Å². The van der Waals surface area contributed by atoms with Crippen molar-refractivity contribution in [3.63, 3.8) is 0 Å². The Bertz CT molecular complexity index is 601. The summed E-state index contributed by atoms with van der Waals surface area (Å²) in [5, 5.41) is 2.28. The van der Waals surface area contributed by atoms with Gasteiger partial charge in [0.25, 0.3) is 5.82 Å². The number of nitrogen functional groups attached to an aromatic ring is 1. The van der Waals surface area contributed by atoms with E-state index in [2.05, 4.69) is 18.2 Å². The van der Waals surface area contributed by atoms with Crippen LogP contribution in [0.4, 0.5) is 5.82 Å². The van der Waals surface area contributed by atoms with Crippen LogP contribution >= 0.6 is 0 Å². The molecule has 0 atom stereocenters. The Labute approximate surface area is 105 Å². The number of benzene rings is 1. The SMILES string of the molecule is Nc1c2ccccc2cc2cccc[n+]12.O.[Cl-]. The molecule has 0 aliphatic heterocycles. The zero-order chi connectivity index (χ0) is 10.3. The topological polar surface area (TPSA) is 61.6 Å². The van der Waals surface area contributed by atoms with Crippen LogP contribution in [0.2, 0.25) is 0 Å². The molecule has 0 saturated heterocycles. The molecule has 17 heavy (non-hydrogen) atoms. The van der Waals surface area contributed by atoms with Crippen molar-refractivity contribution in [3.05, 3.63) is 54.7 Å². The first-order valence-electron chi connectivity index (χ1n) is 4.94. The van der Waals surface area contributed by atoms with E-state index >= 15 is 0 Å². The second kappa shape index (κ2) is 4.99. The summed E-state index contributed by atoms with van der Waals surface area (Å²) >= 11 is 0. The summed E-state index contributed by atoms with van der Waals surface area (Å²) in [6.45, 7) is 0. The Kier molecular flexibility index (Phi) is 3.89. The maximum absolute atomic E-state index is 6.12. The first kappa shape index (κ1) is 13.2. The average Bonchev–Trinajstić information content (AvgIpc) is 2.30. The maximum Gasteiger partial charge on any atom is 0.285 e. The lowest BCUT2D eigenvalue weighted by Crippen LogP contribution is -3.00. The van der Waals surface area contributed by atoms with Gasteiger partial charge < -0.3 is 17.9 Å². The second-order valence-corrected chi connectivity index (χ2v) is 3.61. The van der Waals surface area contributed by atoms with Gasteiger partial charge in [0.15, 0.2) is 0 Å². The summed E-state index contributed by atoms with van der Waals surface area (Å²) in [4.78, 5) is 0. The first-order chi connectivity index (χ1) is 7.36. The number of hydrogen-bond donors (Lipinski definition) is 1. The van der Waals surface area contributed by atoms with Crippen molar-refractivity contribution >= 4 is 22.1 Å². The van der Waals surface area contributed by atoms with E-state index in [1.165, 1.54) is 5.39 Å². The molecule has 88 valence electrons. The molecule has 0 aliphatic rings. The van der Waals surface area contributed by atoms with Gasteiger partial charge >= 0.3 is 0 Å². The highest BCUT2D eigenvalue weighted by Crippen LogP contribution is 2.18. The molecule has 3 nitrogen and oxygen atoms in total. The lowest BCUT2D eigenvalue weighted by molar-refractivity contribution is -0.494. The molecule has 4 N–H and O–H groups in total. The molecule has 0 spiro atoms. The van der Waals surface area contributed by atoms with E-state index in [9.17, 15) is 0 Å². The molecular weight excluding hydrogens is 236 g/mol. The van der Waals surface area contributed by atoms with Crippen molar-refractivity contribution in [2.75, 3.05) is 5.73 Å². The molecule has 3 rings (SSSR count). The second-order valence-electron chi connectivity index (χ2n) is 3.61. The van der Waals surface area contributed by atoms with E-state index in [0.29, 0.717) is 0 Å². The Balaban J connectivity index is 0.000000722. The van der Waals surface area contributed by atoms with Gasteiger partial charge in [0.1, 0.15) is 5.52 Å². The number of halogens is 1. The molecule has 0 saturated carbocycles. The standard InChI is InChI=1S/C13H10N2.ClH.H2O/c14-13-12-7-2-1-5-10(12)9-11-6-3-4-8-15(11)13;;/h1-9,14H;1H;1H2. The number of pyridine rings is 2. The summed E-state index contributed by atoms with van der Waals surface area (Å²) in [6.07, 6.45) is 1.98. The van der Waals surface area contributed by atoms with Gasteiger partial charge in [0.05, 0.1) is 11.6 Å². The van der Waals surface area contributed by atoms with Crippen LogP contribution in [0, 0.1) is 0 Å². The van der Waals surface area contributed by atoms with Crippen LogP contribution < -0.4 is 22.5 Å². The van der Waals surface area contributed by atoms with E-state index in [1.54, 1.807) is 0 Å². The van der Waals surface area contributed by atoms with E-state index in [-0.39, 0.29) is 17.9 Å². The predicted octanol–water partition coefficient (Wildman–Crippen LogP) is -1.66. The molecule has 4 heteroatoms. The van der Waals surface area contributed by atoms with Crippen LogP contribution in [-0.2, 0) is 0 Å². The largest absolute Gasteiger partial charge is 1.00 e. The van der Waals surface area contributed by atoms with Crippen LogP contribution in [0.15, 0.2) is 54.7 Å². The van der Waals surface area contributed by atoms with Crippen LogP contribution in [0.5, 0.6) is 0 Å². The molecule has 0 unspecified atom stereocenters. The highest BCUT2D eigenvalue weighted by molar-refractivity contribution is 5.91. The number of aromatic nitrogens is 1. The number of hydrogen-bond acceptors (Lipinski definition) is 1. The summed E-state index contributed by atoms with van der Waals surface area (Å²) < 4.78 is 2.00. The zero-order valence-corrected chi connectivity index (χ0v) is 9.85. The lowest BCUT2D eigenvalue weighted by Gasteiger charge is -2.01. The smallest absolute Gasteiger partial charge is 0.285 e. The Morgan fingerprint density at radius 2 is 1.65 bits per heavy atom. The van der Waals surface area contributed by atoms with E-state index in [0.717, 1.165) is 16.7 Å². The van der Waals surface area contributed by atoms with Gasteiger partial charge in [0.2, 0.25) is 0 Å². The third-order valence-corrected chi connectivity index (χ3v) is 2.69. The fourth-order valence-corrected chi connectivity index (χ4v) is 1.94. The number of nitrogens with zero attached hydrogens (tertiary/aromatic N) is 1. The average molecular weight is 249 g/mol. The fourth-order valence-electron chi connectivity index (χ4n) is 1.94. The van der Waals surface area contributed by atoms with Crippen molar-refractivity contribution in [2.24, 2.45) is 0 Å². The maximum atomic E-state index is 6.12. The lowest BCUT2D eigenvalue weighted by atomic mass is 10.1. The Hall–Kier alpha value is -1.84. The van der Waals surface area contributed by atoms with Gasteiger partial charge in [-0.25, -0.2) is 0 Å². The van der Waals surface area contributed by atoms with Gasteiger partial charge in [-0.2, -0.15) is 4.40 Å². The number of rotatable bonds is 0. The molecule has 0 radical (unpaired) electrons. The van der Waals surface area contributed by atoms with Crippen molar-refractivity contribution in [2.45, 2.75) is 0 Å². The Morgan fingerprint density at radius 3 is 2.47 bits per heavy atom. The summed E-state index contributed by atoms with van der Waals surface area (Å²) in [6, 6.07) is 16.4. The highest BCUT2D eigenvalue weighted by Gasteiger charge is 2.08. The Morgan fingerprint density at radius 1 is 0.941 bits per heavy atom. The third kappa shape index (κ3) is 2.02. The van der Waals surface area contributed by atoms with Crippen LogP contribution in [0.25, 0.3) is 16.3 Å². The van der Waals surface area contributed by atoms with Gasteiger partial charge in [-0.1, -0.05) is 24.3 Å². The number of nitrogens with two attached hydrogens (primary N) is 1. The summed E-state index contributed by atoms with van der Waals surface area (Å²) in [5.74, 6) is 0.795. The predicted molar refractivity (Wildman–Crippen MR) is 65.1 cm³/mol. The first-order valence-corrected chi connectivity index (χ1v) is 4.94. The number of anilines is 1. The van der Waals surface area contributed by atoms with Crippen molar-refractivity contribution in [1.82, 2.24) is 0 Å². The van der Waals surface area contributed by atoms with Gasteiger partial charge in [-0.15, -0.1) is 0 Å². The molecule has 0 amide bonds. The fraction of sp³-hybridized carbons (Fsp3) is 0. The highest BCUT2D eigenvalue weighted by atomic mass is 35.5. The molecule has 2 aromatic heterocycles. The molecular formula is C13H13ClN2O. The zero-order valence-electron chi connectivity index (χ0n) is 9.10. The summed E-state index contributed by atoms with van der Waals surface area (Å²) in [7, 11) is 0. The third-order valence-electron chi connectivity index (χ3n) is 2.69. The van der Waals surface area contributed by atoms with Crippen molar-refractivity contribution in [3.8, 4) is 0 Å². The van der Waals surface area contributed by atoms with E-state index in [4.69, 9.17) is 5.73 Å². The normalized spacial score (nSPS) is 9.65. The van der Waals surface area contributed by atoms with Crippen LogP contribution in [-0.4, -0.2) is 5.48 Å². The number of fused-ring (bicyclic) bond motifs is 2. The minimum absolute atomic E-state index is 0. The molecule has 0 aliphatic carbocycles. The molecule has 2 heterocycles. The van der Waals surface area contributed by atoms with Crippen molar-refractivity contribution in [1.29, 1.82) is 0 Å². The molecule has 0 bridgehead atoms. The monoisotopic (exact) mass is 248 g/mol. The van der Waals surface area contributed by atoms with Gasteiger partial charge in [-0.3, -0.25) is 5.73 Å². The molecule has 1 aromatic carbocycles. The quantitative estimate of drug-likeness (QED) is 0.376. The molecule has 3 aromatic rings. The van der Waals surface area contributed by atoms with Crippen LogP contribution in [0.3, 0.4) is 0 Å². The summed E-state index contributed by atoms with van der Waals surface area (Å²) in [5.41, 5.74) is 7.24. The van der Waals surface area contributed by atoms with Crippen molar-refractivity contribution < 1.29 is 22.3 Å². The minimum atomic E-state index is 0. The van der Waals surface area contributed by atoms with Gasteiger partial charge in [-0.05, 0) is 29.7 Å². The van der Waals surface area contributed by atoms with Crippen LogP contribution in [0.1, 0.15) is 0 Å². The van der Waals surface area contributed by atoms with Gasteiger partial charge in [0, 0.05) is 0 Å². The molecule has 0 fully saturated rings. The van der Waals surface area contributed by atoms with E-state index < -0.39 is 0 Å².